The van der Waals surface area contributed by atoms with Crippen LogP contribution in [0.15, 0.2) is 35.3 Å². The molecule has 0 aromatic heterocycles. The lowest BCUT2D eigenvalue weighted by atomic mass is 10.1. The molecule has 0 spiro atoms. The van der Waals surface area contributed by atoms with Gasteiger partial charge in [0.1, 0.15) is 0 Å². The van der Waals surface area contributed by atoms with E-state index in [4.69, 9.17) is 4.74 Å². The minimum atomic E-state index is 0. The molecule has 0 saturated carbocycles. The molecular weight excluding hydrogens is 451 g/mol. The highest BCUT2D eigenvalue weighted by Gasteiger charge is 2.08. The van der Waals surface area contributed by atoms with Crippen molar-refractivity contribution in [3.8, 4) is 0 Å². The number of hydrogen-bond acceptors (Lipinski definition) is 3. The Morgan fingerprint density at radius 2 is 1.74 bits per heavy atom. The summed E-state index contributed by atoms with van der Waals surface area (Å²) in [5.74, 6) is 0.865. The van der Waals surface area contributed by atoms with Crippen molar-refractivity contribution >= 4 is 29.9 Å². The highest BCUT2D eigenvalue weighted by molar-refractivity contribution is 14.0. The molecule has 0 atom stereocenters. The summed E-state index contributed by atoms with van der Waals surface area (Å²) < 4.78 is 5.68. The van der Waals surface area contributed by atoms with Crippen LogP contribution in [0.25, 0.3) is 0 Å². The molecule has 1 saturated heterocycles. The third-order valence-electron chi connectivity index (χ3n) is 4.77. The van der Waals surface area contributed by atoms with E-state index in [1.54, 1.807) is 0 Å². The maximum absolute atomic E-state index is 5.68. The van der Waals surface area contributed by atoms with Crippen LogP contribution >= 0.6 is 24.0 Å². The standard InChI is InChI=1S/C21H36N4O.HI/c1-22-21(24-14-18-26-19-20-11-5-2-6-12-20)23-13-7-3-8-15-25-16-9-4-10-17-25;/h2,5-6,11-12H,3-4,7-10,13-19H2,1H3,(H2,22,23,24);1H. The Hall–Kier alpha value is -0.860. The van der Waals surface area contributed by atoms with E-state index < -0.39 is 0 Å². The number of hydrogen-bond donors (Lipinski definition) is 2. The second-order valence-corrected chi connectivity index (χ2v) is 6.93. The van der Waals surface area contributed by atoms with E-state index in [1.807, 2.05) is 25.2 Å². The Bertz CT molecular complexity index is 492. The van der Waals surface area contributed by atoms with E-state index in [9.17, 15) is 0 Å². The van der Waals surface area contributed by atoms with Gasteiger partial charge < -0.3 is 20.3 Å². The van der Waals surface area contributed by atoms with Crippen LogP contribution < -0.4 is 10.6 Å². The van der Waals surface area contributed by atoms with Crippen LogP contribution in [-0.4, -0.2) is 57.2 Å². The van der Waals surface area contributed by atoms with Gasteiger partial charge in [-0.25, -0.2) is 0 Å². The lowest BCUT2D eigenvalue weighted by Crippen LogP contribution is -2.39. The van der Waals surface area contributed by atoms with E-state index >= 15 is 0 Å². The molecule has 1 aromatic carbocycles. The molecule has 5 nitrogen and oxygen atoms in total. The zero-order chi connectivity index (χ0) is 18.3. The van der Waals surface area contributed by atoms with E-state index in [0.717, 1.165) is 19.0 Å². The number of nitrogens with zero attached hydrogens (tertiary/aromatic N) is 2. The number of rotatable bonds is 11. The fraction of sp³-hybridized carbons (Fsp3) is 0.667. The summed E-state index contributed by atoms with van der Waals surface area (Å²) in [6.45, 7) is 6.96. The molecule has 1 aliphatic heterocycles. The summed E-state index contributed by atoms with van der Waals surface area (Å²) in [6.07, 6.45) is 7.97. The number of likely N-dealkylation sites (tertiary alicyclic amines) is 1. The molecule has 1 aliphatic rings. The van der Waals surface area contributed by atoms with Crippen molar-refractivity contribution in [2.75, 3.05) is 46.4 Å². The average Bonchev–Trinajstić information content (AvgIpc) is 2.70. The number of halogens is 1. The molecule has 0 amide bonds. The second-order valence-electron chi connectivity index (χ2n) is 6.93. The van der Waals surface area contributed by atoms with Gasteiger partial charge >= 0.3 is 0 Å². The topological polar surface area (TPSA) is 48.9 Å². The van der Waals surface area contributed by atoms with Crippen LogP contribution in [0.5, 0.6) is 0 Å². The van der Waals surface area contributed by atoms with E-state index in [1.165, 1.54) is 63.7 Å². The van der Waals surface area contributed by atoms with Crippen LogP contribution in [-0.2, 0) is 11.3 Å². The van der Waals surface area contributed by atoms with Crippen LogP contribution in [0.1, 0.15) is 44.1 Å². The first-order valence-electron chi connectivity index (χ1n) is 10.2. The highest BCUT2D eigenvalue weighted by Crippen LogP contribution is 2.09. The monoisotopic (exact) mass is 488 g/mol. The molecule has 154 valence electrons. The van der Waals surface area contributed by atoms with Gasteiger partial charge in [0, 0.05) is 20.1 Å². The first-order chi connectivity index (χ1) is 12.9. The van der Waals surface area contributed by atoms with Crippen molar-refractivity contribution in [1.82, 2.24) is 15.5 Å². The number of unbranched alkanes of at least 4 members (excludes halogenated alkanes) is 2. The van der Waals surface area contributed by atoms with Crippen molar-refractivity contribution in [3.05, 3.63) is 35.9 Å². The molecule has 2 N–H and O–H groups in total. The van der Waals surface area contributed by atoms with E-state index in [0.29, 0.717) is 13.2 Å². The number of ether oxygens (including phenoxy) is 1. The lowest BCUT2D eigenvalue weighted by molar-refractivity contribution is 0.125. The molecule has 1 heterocycles. The van der Waals surface area contributed by atoms with Crippen molar-refractivity contribution in [2.45, 2.75) is 45.1 Å². The number of aliphatic imine (C=N–C) groups is 1. The van der Waals surface area contributed by atoms with Gasteiger partial charge in [-0.2, -0.15) is 0 Å². The molecule has 6 heteroatoms. The Morgan fingerprint density at radius 3 is 2.48 bits per heavy atom. The maximum Gasteiger partial charge on any atom is 0.191 e. The summed E-state index contributed by atoms with van der Waals surface area (Å²) in [4.78, 5) is 6.88. The first kappa shape index (κ1) is 24.2. The summed E-state index contributed by atoms with van der Waals surface area (Å²) in [5.41, 5.74) is 1.21. The van der Waals surface area contributed by atoms with Gasteiger partial charge in [-0.15, -0.1) is 24.0 Å². The van der Waals surface area contributed by atoms with Gasteiger partial charge in [-0.05, 0) is 50.9 Å². The third kappa shape index (κ3) is 11.5. The molecule has 0 bridgehead atoms. The SMILES string of the molecule is CN=C(NCCCCCN1CCCCC1)NCCOCc1ccccc1.I. The van der Waals surface area contributed by atoms with Crippen molar-refractivity contribution in [2.24, 2.45) is 4.99 Å². The van der Waals surface area contributed by atoms with Gasteiger partial charge in [0.15, 0.2) is 5.96 Å². The maximum atomic E-state index is 5.68. The van der Waals surface area contributed by atoms with Crippen molar-refractivity contribution in [3.63, 3.8) is 0 Å². The molecular formula is C21H37IN4O. The zero-order valence-electron chi connectivity index (χ0n) is 16.8. The van der Waals surface area contributed by atoms with E-state index in [-0.39, 0.29) is 24.0 Å². The second kappa shape index (κ2) is 16.1. The number of benzene rings is 1. The van der Waals surface area contributed by atoms with Gasteiger partial charge in [-0.1, -0.05) is 43.2 Å². The van der Waals surface area contributed by atoms with Crippen molar-refractivity contribution < 1.29 is 4.74 Å². The normalized spacial score (nSPS) is 15.2. The highest BCUT2D eigenvalue weighted by atomic mass is 127. The van der Waals surface area contributed by atoms with Crippen LogP contribution in [0, 0.1) is 0 Å². The van der Waals surface area contributed by atoms with E-state index in [2.05, 4.69) is 32.7 Å². The summed E-state index contributed by atoms with van der Waals surface area (Å²) in [6, 6.07) is 10.3. The quantitative estimate of drug-likeness (QED) is 0.216. The molecule has 0 radical (unpaired) electrons. The van der Waals surface area contributed by atoms with Crippen LogP contribution in [0.4, 0.5) is 0 Å². The smallest absolute Gasteiger partial charge is 0.191 e. The average molecular weight is 488 g/mol. The predicted molar refractivity (Wildman–Crippen MR) is 125 cm³/mol. The largest absolute Gasteiger partial charge is 0.375 e. The van der Waals surface area contributed by atoms with Gasteiger partial charge in [0.05, 0.1) is 13.2 Å². The fourth-order valence-electron chi connectivity index (χ4n) is 3.25. The lowest BCUT2D eigenvalue weighted by Gasteiger charge is -2.26. The summed E-state index contributed by atoms with van der Waals surface area (Å²) >= 11 is 0. The Labute approximate surface area is 182 Å². The Balaban J connectivity index is 0.00000364. The van der Waals surface area contributed by atoms with Gasteiger partial charge in [0.25, 0.3) is 0 Å². The molecule has 1 aromatic rings. The molecule has 0 aliphatic carbocycles. The summed E-state index contributed by atoms with van der Waals surface area (Å²) in [5, 5.41) is 6.69. The van der Waals surface area contributed by atoms with Crippen molar-refractivity contribution in [1.29, 1.82) is 0 Å². The third-order valence-corrected chi connectivity index (χ3v) is 4.77. The molecule has 1 fully saturated rings. The predicted octanol–water partition coefficient (Wildman–Crippen LogP) is 3.64. The number of nitrogens with one attached hydrogen (secondary N) is 2. The van der Waals surface area contributed by atoms with Crippen LogP contribution in [0.2, 0.25) is 0 Å². The fourth-order valence-corrected chi connectivity index (χ4v) is 3.25. The molecule has 0 unspecified atom stereocenters. The Morgan fingerprint density at radius 1 is 1.00 bits per heavy atom. The first-order valence-corrected chi connectivity index (χ1v) is 10.2. The number of piperidine rings is 1. The summed E-state index contributed by atoms with van der Waals surface area (Å²) in [7, 11) is 1.82. The van der Waals surface area contributed by atoms with Gasteiger partial charge in [-0.3, -0.25) is 4.99 Å². The van der Waals surface area contributed by atoms with Gasteiger partial charge in [0.2, 0.25) is 0 Å². The minimum Gasteiger partial charge on any atom is -0.375 e. The molecule has 27 heavy (non-hydrogen) atoms. The Kier molecular flexibility index (Phi) is 14.4. The number of guanidine groups is 1. The zero-order valence-corrected chi connectivity index (χ0v) is 19.1. The molecule has 2 rings (SSSR count). The minimum absolute atomic E-state index is 0. The van der Waals surface area contributed by atoms with Crippen LogP contribution in [0.3, 0.4) is 0 Å².